The number of nitrogens with zero attached hydrogens (tertiary/aromatic N) is 1. The van der Waals surface area contributed by atoms with E-state index < -0.39 is 0 Å². The number of pyridine rings is 1. The molecule has 2 rings (SSSR count). The molecule has 0 unspecified atom stereocenters. The highest BCUT2D eigenvalue weighted by Gasteiger charge is 2.37. The molecule has 94 valence electrons. The Morgan fingerprint density at radius 2 is 2.12 bits per heavy atom. The minimum atomic E-state index is -0.171. The molecule has 0 saturated heterocycles. The number of rotatable bonds is 4. The topological polar surface area (TPSA) is 48.1 Å². The Kier molecular flexibility index (Phi) is 3.13. The normalized spacial score (nSPS) is 17.9. The second-order valence-electron chi connectivity index (χ2n) is 6.06. The zero-order valence-corrected chi connectivity index (χ0v) is 11.0. The summed E-state index contributed by atoms with van der Waals surface area (Å²) in [5, 5.41) is 0. The third kappa shape index (κ3) is 3.70. The molecule has 2 N–H and O–H groups in total. The molecule has 0 radical (unpaired) electrons. The third-order valence-electron chi connectivity index (χ3n) is 3.06. The second kappa shape index (κ2) is 4.30. The van der Waals surface area contributed by atoms with E-state index >= 15 is 0 Å². The van der Waals surface area contributed by atoms with Crippen molar-refractivity contribution in [3.05, 3.63) is 24.0 Å². The molecule has 0 amide bonds. The van der Waals surface area contributed by atoms with Gasteiger partial charge in [-0.15, -0.1) is 0 Å². The lowest BCUT2D eigenvalue weighted by molar-refractivity contribution is 0.129. The first-order chi connectivity index (χ1) is 7.88. The maximum Gasteiger partial charge on any atom is 0.126 e. The molecular formula is C14H22N2O. The van der Waals surface area contributed by atoms with Crippen molar-refractivity contribution in [2.75, 3.05) is 0 Å². The minimum Gasteiger partial charge on any atom is -0.488 e. The Hall–Kier alpha value is -1.09. The lowest BCUT2D eigenvalue weighted by atomic mass is 10.0. The van der Waals surface area contributed by atoms with Crippen LogP contribution in [0.15, 0.2) is 18.5 Å². The van der Waals surface area contributed by atoms with Gasteiger partial charge >= 0.3 is 0 Å². The van der Waals surface area contributed by atoms with Crippen LogP contribution >= 0.6 is 0 Å². The van der Waals surface area contributed by atoms with E-state index in [1.807, 2.05) is 12.3 Å². The lowest BCUT2D eigenvalue weighted by Gasteiger charge is -2.23. The van der Waals surface area contributed by atoms with E-state index in [4.69, 9.17) is 10.5 Å². The van der Waals surface area contributed by atoms with Gasteiger partial charge in [0.05, 0.1) is 0 Å². The molecule has 3 heteroatoms. The van der Waals surface area contributed by atoms with E-state index in [1.165, 1.54) is 5.56 Å². The van der Waals surface area contributed by atoms with Crippen molar-refractivity contribution in [1.82, 2.24) is 4.98 Å². The van der Waals surface area contributed by atoms with Gasteiger partial charge in [0.2, 0.25) is 0 Å². The van der Waals surface area contributed by atoms with Crippen LogP contribution in [0.25, 0.3) is 0 Å². The van der Waals surface area contributed by atoms with Crippen molar-refractivity contribution in [2.45, 2.75) is 57.6 Å². The van der Waals surface area contributed by atoms with Crippen LogP contribution in [0, 0.1) is 0 Å². The predicted octanol–water partition coefficient (Wildman–Crippen LogP) is 2.68. The zero-order chi connectivity index (χ0) is 12.5. The van der Waals surface area contributed by atoms with Gasteiger partial charge in [-0.1, -0.05) is 0 Å². The molecule has 1 heterocycles. The molecule has 1 fully saturated rings. The van der Waals surface area contributed by atoms with Crippen LogP contribution in [-0.4, -0.2) is 16.1 Å². The van der Waals surface area contributed by atoms with E-state index in [0.29, 0.717) is 0 Å². The summed E-state index contributed by atoms with van der Waals surface area (Å²) in [7, 11) is 0. The first-order valence-electron chi connectivity index (χ1n) is 6.29. The van der Waals surface area contributed by atoms with Gasteiger partial charge in [-0.25, -0.2) is 0 Å². The van der Waals surface area contributed by atoms with Gasteiger partial charge in [0.25, 0.3) is 0 Å². The molecule has 0 spiro atoms. The van der Waals surface area contributed by atoms with Crippen LogP contribution in [0.1, 0.15) is 45.6 Å². The molecule has 1 saturated carbocycles. The highest BCUT2D eigenvalue weighted by atomic mass is 16.5. The molecule has 3 nitrogen and oxygen atoms in total. The van der Waals surface area contributed by atoms with Crippen LogP contribution in [0.5, 0.6) is 5.75 Å². The van der Waals surface area contributed by atoms with Crippen molar-refractivity contribution >= 4 is 0 Å². The Morgan fingerprint density at radius 3 is 2.71 bits per heavy atom. The van der Waals surface area contributed by atoms with Crippen molar-refractivity contribution in [2.24, 2.45) is 5.73 Å². The molecule has 1 aliphatic carbocycles. The Balaban J connectivity index is 2.04. The highest BCUT2D eigenvalue weighted by molar-refractivity contribution is 5.31. The number of aryl methyl sites for hydroxylation is 1. The average molecular weight is 234 g/mol. The Bertz CT molecular complexity index is 391. The number of aromatic nitrogens is 1. The van der Waals surface area contributed by atoms with Gasteiger partial charge in [0, 0.05) is 23.5 Å². The van der Waals surface area contributed by atoms with Crippen LogP contribution in [-0.2, 0) is 6.42 Å². The van der Waals surface area contributed by atoms with Gasteiger partial charge in [0.15, 0.2) is 0 Å². The first-order valence-corrected chi connectivity index (χ1v) is 6.29. The summed E-state index contributed by atoms with van der Waals surface area (Å²) in [6.07, 6.45) is 7.97. The molecule has 0 aromatic carbocycles. The van der Waals surface area contributed by atoms with Crippen LogP contribution in [0.3, 0.4) is 0 Å². The molecule has 1 aliphatic rings. The van der Waals surface area contributed by atoms with Gasteiger partial charge in [-0.05, 0) is 52.5 Å². The number of nitrogens with two attached hydrogens (primary N) is 1. The number of ether oxygens (including phenoxy) is 1. The largest absolute Gasteiger partial charge is 0.488 e. The molecule has 0 aliphatic heterocycles. The maximum absolute atomic E-state index is 6.11. The smallest absolute Gasteiger partial charge is 0.126 e. The predicted molar refractivity (Wildman–Crippen MR) is 69.1 cm³/mol. The third-order valence-corrected chi connectivity index (χ3v) is 3.06. The fourth-order valence-corrected chi connectivity index (χ4v) is 1.83. The molecule has 0 atom stereocenters. The summed E-state index contributed by atoms with van der Waals surface area (Å²) < 4.78 is 5.94. The molecular weight excluding hydrogens is 212 g/mol. The fourth-order valence-electron chi connectivity index (χ4n) is 1.83. The van der Waals surface area contributed by atoms with Crippen molar-refractivity contribution < 1.29 is 4.74 Å². The Labute approximate surface area is 103 Å². The van der Waals surface area contributed by atoms with E-state index in [0.717, 1.165) is 31.4 Å². The number of hydrogen-bond donors (Lipinski definition) is 1. The van der Waals surface area contributed by atoms with Gasteiger partial charge < -0.3 is 10.5 Å². The standard InChI is InChI=1S/C14H22N2O/c1-13(2,3)17-12-5-9-16-10-11(12)4-6-14(15)7-8-14/h5,9-10H,4,6-8,15H2,1-3H3. The van der Waals surface area contributed by atoms with Crippen molar-refractivity contribution in [1.29, 1.82) is 0 Å². The molecule has 17 heavy (non-hydrogen) atoms. The minimum absolute atomic E-state index is 0.0921. The average Bonchev–Trinajstić information content (AvgIpc) is 2.94. The van der Waals surface area contributed by atoms with Crippen molar-refractivity contribution in [3.63, 3.8) is 0 Å². The lowest BCUT2D eigenvalue weighted by Crippen LogP contribution is -2.25. The maximum atomic E-state index is 6.11. The van der Waals surface area contributed by atoms with Gasteiger partial charge in [-0.2, -0.15) is 0 Å². The van der Waals surface area contributed by atoms with E-state index in [2.05, 4.69) is 25.8 Å². The zero-order valence-electron chi connectivity index (χ0n) is 11.0. The summed E-state index contributed by atoms with van der Waals surface area (Å²) in [4.78, 5) is 4.18. The van der Waals surface area contributed by atoms with Gasteiger partial charge in [0.1, 0.15) is 11.4 Å². The fraction of sp³-hybridized carbons (Fsp3) is 0.643. The highest BCUT2D eigenvalue weighted by Crippen LogP contribution is 2.37. The summed E-state index contributed by atoms with van der Waals surface area (Å²) in [6.45, 7) is 6.17. The number of hydrogen-bond acceptors (Lipinski definition) is 3. The quantitative estimate of drug-likeness (QED) is 0.871. The van der Waals surface area contributed by atoms with E-state index in [-0.39, 0.29) is 11.1 Å². The van der Waals surface area contributed by atoms with Gasteiger partial charge in [-0.3, -0.25) is 4.98 Å². The monoisotopic (exact) mass is 234 g/mol. The van der Waals surface area contributed by atoms with Crippen LogP contribution in [0.4, 0.5) is 0 Å². The van der Waals surface area contributed by atoms with Crippen LogP contribution < -0.4 is 10.5 Å². The second-order valence-corrected chi connectivity index (χ2v) is 6.06. The van der Waals surface area contributed by atoms with E-state index in [1.54, 1.807) is 6.20 Å². The van der Waals surface area contributed by atoms with Crippen LogP contribution in [0.2, 0.25) is 0 Å². The first kappa shape index (κ1) is 12.4. The summed E-state index contributed by atoms with van der Waals surface area (Å²) >= 11 is 0. The molecule has 0 bridgehead atoms. The summed E-state index contributed by atoms with van der Waals surface area (Å²) in [5.74, 6) is 0.941. The SMILES string of the molecule is CC(C)(C)Oc1ccncc1CCC1(N)CC1. The summed E-state index contributed by atoms with van der Waals surface area (Å²) in [5.41, 5.74) is 7.20. The molecule has 1 aromatic rings. The summed E-state index contributed by atoms with van der Waals surface area (Å²) in [6, 6.07) is 1.94. The van der Waals surface area contributed by atoms with E-state index in [9.17, 15) is 0 Å². The van der Waals surface area contributed by atoms with Crippen molar-refractivity contribution in [3.8, 4) is 5.75 Å². The Morgan fingerprint density at radius 1 is 1.41 bits per heavy atom. The molecule has 1 aromatic heterocycles.